The van der Waals surface area contributed by atoms with E-state index in [0.717, 1.165) is 39.0 Å². The lowest BCUT2D eigenvalue weighted by Crippen LogP contribution is -2.43. The van der Waals surface area contributed by atoms with E-state index < -0.39 is 0 Å². The first-order valence-electron chi connectivity index (χ1n) is 9.00. The van der Waals surface area contributed by atoms with Gasteiger partial charge in [-0.1, -0.05) is 18.2 Å². The average molecular weight is 354 g/mol. The van der Waals surface area contributed by atoms with Gasteiger partial charge in [-0.05, 0) is 31.4 Å². The normalized spacial score (nSPS) is 21.0. The number of rotatable bonds is 5. The second-order valence-corrected chi connectivity index (χ2v) is 6.49. The summed E-state index contributed by atoms with van der Waals surface area (Å²) < 4.78 is 11.1. The van der Waals surface area contributed by atoms with Gasteiger partial charge in [-0.3, -0.25) is 4.79 Å². The molecule has 1 aromatic heterocycles. The maximum atomic E-state index is 12.7. The molecule has 1 aromatic carbocycles. The highest BCUT2D eigenvalue weighted by Gasteiger charge is 2.36. The molecule has 0 bridgehead atoms. The Balaban J connectivity index is 1.39. The van der Waals surface area contributed by atoms with Gasteiger partial charge in [-0.2, -0.15) is 4.98 Å². The van der Waals surface area contributed by atoms with Gasteiger partial charge in [0.25, 0.3) is 0 Å². The highest BCUT2D eigenvalue weighted by atomic mass is 16.5. The smallest absolute Gasteiger partial charge is 0.245 e. The molecule has 136 valence electrons. The standard InChI is InChI=1S/C19H22N4O3/c24-18-16(7-11-23(18)14-8-12-25-13-9-14)21-19-20-10-6-17(22-19)26-15-4-2-1-3-5-15/h1-6,10,14,16H,7-9,11-13H2,(H,20,21,22). The van der Waals surface area contributed by atoms with Crippen LogP contribution in [0.1, 0.15) is 19.3 Å². The summed E-state index contributed by atoms with van der Waals surface area (Å²) in [6.07, 6.45) is 4.21. The molecule has 2 aromatic rings. The van der Waals surface area contributed by atoms with Crippen LogP contribution in [-0.2, 0) is 9.53 Å². The first-order chi connectivity index (χ1) is 12.8. The molecule has 7 nitrogen and oxygen atoms in total. The zero-order chi connectivity index (χ0) is 17.8. The number of para-hydroxylation sites is 1. The number of carbonyl (C=O) groups is 1. The quantitative estimate of drug-likeness (QED) is 0.889. The Labute approximate surface area is 152 Å². The molecular formula is C19H22N4O3. The fourth-order valence-electron chi connectivity index (χ4n) is 3.43. The summed E-state index contributed by atoms with van der Waals surface area (Å²) in [5, 5.41) is 3.16. The summed E-state index contributed by atoms with van der Waals surface area (Å²) in [5.74, 6) is 1.68. The van der Waals surface area contributed by atoms with Crippen molar-refractivity contribution < 1.29 is 14.3 Å². The molecule has 7 heteroatoms. The van der Waals surface area contributed by atoms with Gasteiger partial charge in [0.2, 0.25) is 17.7 Å². The number of ether oxygens (including phenoxy) is 2. The Morgan fingerprint density at radius 1 is 1.12 bits per heavy atom. The van der Waals surface area contributed by atoms with Gasteiger partial charge in [0.1, 0.15) is 11.8 Å². The molecule has 2 fully saturated rings. The molecule has 2 saturated heterocycles. The number of hydrogen-bond donors (Lipinski definition) is 1. The fraction of sp³-hybridized carbons (Fsp3) is 0.421. The molecule has 1 N–H and O–H groups in total. The zero-order valence-corrected chi connectivity index (χ0v) is 14.5. The molecule has 26 heavy (non-hydrogen) atoms. The molecule has 2 aliphatic heterocycles. The summed E-state index contributed by atoms with van der Waals surface area (Å²) in [6, 6.07) is 11.2. The molecule has 0 spiro atoms. The Morgan fingerprint density at radius 3 is 2.73 bits per heavy atom. The summed E-state index contributed by atoms with van der Waals surface area (Å²) in [7, 11) is 0. The van der Waals surface area contributed by atoms with Crippen molar-refractivity contribution in [3.8, 4) is 11.6 Å². The van der Waals surface area contributed by atoms with Crippen LogP contribution < -0.4 is 10.1 Å². The van der Waals surface area contributed by atoms with Gasteiger partial charge in [-0.15, -0.1) is 0 Å². The van der Waals surface area contributed by atoms with Gasteiger partial charge in [0.15, 0.2) is 0 Å². The van der Waals surface area contributed by atoms with Crippen molar-refractivity contribution in [2.45, 2.75) is 31.3 Å². The van der Waals surface area contributed by atoms with Crippen LogP contribution >= 0.6 is 0 Å². The predicted molar refractivity (Wildman–Crippen MR) is 96.1 cm³/mol. The first kappa shape index (κ1) is 16.8. The molecule has 1 unspecified atom stereocenters. The molecule has 2 aliphatic rings. The average Bonchev–Trinajstić information content (AvgIpc) is 3.04. The Bertz CT molecular complexity index is 749. The highest BCUT2D eigenvalue weighted by Crippen LogP contribution is 2.24. The van der Waals surface area contributed by atoms with E-state index in [4.69, 9.17) is 9.47 Å². The number of carbonyl (C=O) groups excluding carboxylic acids is 1. The summed E-state index contributed by atoms with van der Waals surface area (Å²) in [6.45, 7) is 2.23. The van der Waals surface area contributed by atoms with E-state index in [9.17, 15) is 4.79 Å². The molecule has 4 rings (SSSR count). The number of aromatic nitrogens is 2. The Hall–Kier alpha value is -2.67. The monoisotopic (exact) mass is 354 g/mol. The second-order valence-electron chi connectivity index (χ2n) is 6.49. The van der Waals surface area contributed by atoms with Crippen LogP contribution in [0.15, 0.2) is 42.6 Å². The van der Waals surface area contributed by atoms with Crippen molar-refractivity contribution in [3.63, 3.8) is 0 Å². The summed E-state index contributed by atoms with van der Waals surface area (Å²) >= 11 is 0. The van der Waals surface area contributed by atoms with Crippen molar-refractivity contribution in [2.24, 2.45) is 0 Å². The molecule has 0 saturated carbocycles. The van der Waals surface area contributed by atoms with E-state index in [0.29, 0.717) is 17.6 Å². The van der Waals surface area contributed by atoms with Crippen molar-refractivity contribution >= 4 is 11.9 Å². The highest BCUT2D eigenvalue weighted by molar-refractivity contribution is 5.86. The minimum absolute atomic E-state index is 0.120. The van der Waals surface area contributed by atoms with Gasteiger partial charge >= 0.3 is 0 Å². The van der Waals surface area contributed by atoms with E-state index >= 15 is 0 Å². The van der Waals surface area contributed by atoms with E-state index in [1.807, 2.05) is 35.2 Å². The lowest BCUT2D eigenvalue weighted by Gasteiger charge is -2.31. The van der Waals surface area contributed by atoms with Gasteiger partial charge in [-0.25, -0.2) is 4.98 Å². The Kier molecular flexibility index (Phi) is 4.97. The maximum absolute atomic E-state index is 12.7. The molecule has 1 amide bonds. The maximum Gasteiger partial charge on any atom is 0.245 e. The van der Waals surface area contributed by atoms with Crippen molar-refractivity contribution in [3.05, 3.63) is 42.6 Å². The predicted octanol–water partition coefficient (Wildman–Crippen LogP) is 2.46. The van der Waals surface area contributed by atoms with Crippen LogP contribution in [0.3, 0.4) is 0 Å². The number of hydrogen-bond acceptors (Lipinski definition) is 6. The summed E-state index contributed by atoms with van der Waals surface area (Å²) in [4.78, 5) is 23.3. The minimum Gasteiger partial charge on any atom is -0.439 e. The van der Waals surface area contributed by atoms with E-state index in [1.165, 1.54) is 0 Å². The third-order valence-electron chi connectivity index (χ3n) is 4.77. The van der Waals surface area contributed by atoms with Crippen LogP contribution in [0, 0.1) is 0 Å². The van der Waals surface area contributed by atoms with Gasteiger partial charge < -0.3 is 19.7 Å². The minimum atomic E-state index is -0.287. The zero-order valence-electron chi connectivity index (χ0n) is 14.5. The largest absolute Gasteiger partial charge is 0.439 e. The molecule has 3 heterocycles. The van der Waals surface area contributed by atoms with Crippen LogP contribution in [0.5, 0.6) is 11.6 Å². The van der Waals surface area contributed by atoms with Crippen molar-refractivity contribution in [1.29, 1.82) is 0 Å². The third-order valence-corrected chi connectivity index (χ3v) is 4.77. The van der Waals surface area contributed by atoms with Gasteiger partial charge in [0.05, 0.1) is 0 Å². The number of anilines is 1. The summed E-state index contributed by atoms with van der Waals surface area (Å²) in [5.41, 5.74) is 0. The molecule has 0 radical (unpaired) electrons. The molecule has 1 atom stereocenters. The molecular weight excluding hydrogens is 332 g/mol. The van der Waals surface area contributed by atoms with E-state index in [2.05, 4.69) is 15.3 Å². The van der Waals surface area contributed by atoms with Crippen LogP contribution in [0.4, 0.5) is 5.95 Å². The van der Waals surface area contributed by atoms with Crippen LogP contribution in [0.2, 0.25) is 0 Å². The fourth-order valence-corrected chi connectivity index (χ4v) is 3.43. The molecule has 0 aliphatic carbocycles. The van der Waals surface area contributed by atoms with E-state index in [1.54, 1.807) is 12.3 Å². The van der Waals surface area contributed by atoms with Crippen LogP contribution in [-0.4, -0.2) is 52.6 Å². The number of benzene rings is 1. The van der Waals surface area contributed by atoms with Crippen molar-refractivity contribution in [1.82, 2.24) is 14.9 Å². The number of nitrogens with zero attached hydrogens (tertiary/aromatic N) is 3. The number of likely N-dealkylation sites (tertiary alicyclic amines) is 1. The number of amides is 1. The lowest BCUT2D eigenvalue weighted by molar-refractivity contribution is -0.131. The third kappa shape index (κ3) is 3.77. The number of nitrogens with one attached hydrogen (secondary N) is 1. The van der Waals surface area contributed by atoms with Gasteiger partial charge in [0, 0.05) is 38.1 Å². The Morgan fingerprint density at radius 2 is 1.92 bits per heavy atom. The topological polar surface area (TPSA) is 76.6 Å². The van der Waals surface area contributed by atoms with Crippen LogP contribution in [0.25, 0.3) is 0 Å². The first-order valence-corrected chi connectivity index (χ1v) is 9.00. The lowest BCUT2D eigenvalue weighted by atomic mass is 10.1. The van der Waals surface area contributed by atoms with Crippen molar-refractivity contribution in [2.75, 3.05) is 25.1 Å². The van der Waals surface area contributed by atoms with E-state index in [-0.39, 0.29) is 18.0 Å². The second kappa shape index (κ2) is 7.70. The SMILES string of the molecule is O=C1C(Nc2nccc(Oc3ccccc3)n2)CCN1C1CCOCC1.